The average Bonchev–Trinajstić information content (AvgIpc) is 3.28. The van der Waals surface area contributed by atoms with E-state index >= 15 is 0 Å². The molecule has 0 aliphatic rings. The van der Waals surface area contributed by atoms with E-state index in [9.17, 15) is 9.59 Å². The second-order valence-corrected chi connectivity index (χ2v) is 6.79. The summed E-state index contributed by atoms with van der Waals surface area (Å²) in [7, 11) is 1.34. The smallest absolute Gasteiger partial charge is 0.348 e. The Morgan fingerprint density at radius 1 is 1.19 bits per heavy atom. The van der Waals surface area contributed by atoms with Gasteiger partial charge in [-0.25, -0.2) is 9.78 Å². The van der Waals surface area contributed by atoms with Crippen LogP contribution in [0.1, 0.15) is 31.4 Å². The predicted molar refractivity (Wildman–Crippen MR) is 100 cm³/mol. The van der Waals surface area contributed by atoms with Crippen molar-refractivity contribution < 1.29 is 14.3 Å². The van der Waals surface area contributed by atoms with Gasteiger partial charge >= 0.3 is 5.97 Å². The van der Waals surface area contributed by atoms with E-state index in [1.54, 1.807) is 19.1 Å². The summed E-state index contributed by atoms with van der Waals surface area (Å²) in [6, 6.07) is 13.4. The monoisotopic (exact) mass is 369 g/mol. The molecule has 0 spiro atoms. The number of benzene rings is 1. The lowest BCUT2D eigenvalue weighted by molar-refractivity contribution is 0.0606. The molecule has 2 N–H and O–H groups in total. The lowest BCUT2D eigenvalue weighted by Gasteiger charge is -2.04. The van der Waals surface area contributed by atoms with Crippen molar-refractivity contribution in [2.24, 2.45) is 0 Å². The number of amides is 1. The first-order chi connectivity index (χ1) is 12.6. The standard InChI is InChI=1S/C19H19N3O3S/c1-12-16(18(23)20-11-10-13-6-4-3-5-7-13)22-17(21-12)14-8-9-15(26-14)19(24)25-2/h3-9H,10-11H2,1-2H3,(H,20,23)(H,21,22). The molecule has 3 aromatic rings. The zero-order valence-corrected chi connectivity index (χ0v) is 15.4. The second kappa shape index (κ2) is 7.97. The lowest BCUT2D eigenvalue weighted by atomic mass is 10.1. The molecule has 6 nitrogen and oxygen atoms in total. The maximum Gasteiger partial charge on any atom is 0.348 e. The average molecular weight is 369 g/mol. The van der Waals surface area contributed by atoms with Crippen LogP contribution in [0.4, 0.5) is 0 Å². The van der Waals surface area contributed by atoms with Crippen LogP contribution in [-0.2, 0) is 11.2 Å². The van der Waals surface area contributed by atoms with Crippen molar-refractivity contribution in [3.63, 3.8) is 0 Å². The van der Waals surface area contributed by atoms with Gasteiger partial charge in [-0.2, -0.15) is 0 Å². The van der Waals surface area contributed by atoms with Crippen LogP contribution in [0.5, 0.6) is 0 Å². The van der Waals surface area contributed by atoms with Gasteiger partial charge in [0.25, 0.3) is 5.91 Å². The first-order valence-electron chi connectivity index (χ1n) is 8.15. The van der Waals surface area contributed by atoms with Crippen LogP contribution in [0.25, 0.3) is 10.7 Å². The number of hydrogen-bond donors (Lipinski definition) is 2. The molecule has 0 saturated carbocycles. The SMILES string of the molecule is COC(=O)c1ccc(-c2nc(C(=O)NCCc3ccccc3)c(C)[nH]2)s1. The Morgan fingerprint density at radius 3 is 2.69 bits per heavy atom. The number of aromatic amines is 1. The Hall–Kier alpha value is -2.93. The zero-order valence-electron chi connectivity index (χ0n) is 14.5. The van der Waals surface area contributed by atoms with Gasteiger partial charge in [-0.05, 0) is 31.0 Å². The molecule has 1 aromatic carbocycles. The number of hydrogen-bond acceptors (Lipinski definition) is 5. The second-order valence-electron chi connectivity index (χ2n) is 5.71. The van der Waals surface area contributed by atoms with Crippen LogP contribution in [0.3, 0.4) is 0 Å². The normalized spacial score (nSPS) is 10.5. The van der Waals surface area contributed by atoms with Crippen molar-refractivity contribution in [3.05, 3.63) is 64.3 Å². The van der Waals surface area contributed by atoms with Gasteiger partial charge in [0.15, 0.2) is 0 Å². The number of esters is 1. The summed E-state index contributed by atoms with van der Waals surface area (Å²) in [5.74, 6) is -0.0371. The number of carbonyl (C=O) groups is 2. The molecular formula is C19H19N3O3S. The van der Waals surface area contributed by atoms with Crippen LogP contribution >= 0.6 is 11.3 Å². The molecule has 2 heterocycles. The molecule has 0 bridgehead atoms. The highest BCUT2D eigenvalue weighted by molar-refractivity contribution is 7.17. The molecule has 3 rings (SSSR count). The Kier molecular flexibility index (Phi) is 5.48. The van der Waals surface area contributed by atoms with E-state index in [1.807, 2.05) is 30.3 Å². The highest BCUT2D eigenvalue weighted by atomic mass is 32.1. The van der Waals surface area contributed by atoms with E-state index in [0.29, 0.717) is 28.6 Å². The molecule has 1 amide bonds. The van der Waals surface area contributed by atoms with Crippen molar-refractivity contribution in [3.8, 4) is 10.7 Å². The number of imidazole rings is 1. The fraction of sp³-hybridized carbons (Fsp3) is 0.211. The van der Waals surface area contributed by atoms with Crippen molar-refractivity contribution in [1.82, 2.24) is 15.3 Å². The van der Waals surface area contributed by atoms with E-state index in [-0.39, 0.29) is 11.9 Å². The minimum Gasteiger partial charge on any atom is -0.465 e. The van der Waals surface area contributed by atoms with E-state index in [0.717, 1.165) is 11.3 Å². The van der Waals surface area contributed by atoms with Crippen molar-refractivity contribution >= 4 is 23.2 Å². The van der Waals surface area contributed by atoms with Gasteiger partial charge in [0, 0.05) is 12.2 Å². The largest absolute Gasteiger partial charge is 0.465 e. The van der Waals surface area contributed by atoms with Gasteiger partial charge in [-0.15, -0.1) is 11.3 Å². The van der Waals surface area contributed by atoms with Gasteiger partial charge in [0.05, 0.1) is 12.0 Å². The molecule has 0 unspecified atom stereocenters. The van der Waals surface area contributed by atoms with Gasteiger partial charge < -0.3 is 15.0 Å². The molecule has 26 heavy (non-hydrogen) atoms. The van der Waals surface area contributed by atoms with Crippen LogP contribution < -0.4 is 5.32 Å². The summed E-state index contributed by atoms with van der Waals surface area (Å²) in [4.78, 5) is 32.7. The number of nitrogens with zero attached hydrogens (tertiary/aromatic N) is 1. The molecule has 0 aliphatic heterocycles. The quantitative estimate of drug-likeness (QED) is 0.654. The number of carbonyl (C=O) groups excluding carboxylic acids is 2. The number of nitrogens with one attached hydrogen (secondary N) is 2. The van der Waals surface area contributed by atoms with Crippen LogP contribution in [-0.4, -0.2) is 35.5 Å². The van der Waals surface area contributed by atoms with Crippen LogP contribution in [0.15, 0.2) is 42.5 Å². The number of thiophene rings is 1. The zero-order chi connectivity index (χ0) is 18.5. The van der Waals surface area contributed by atoms with Crippen molar-refractivity contribution in [2.45, 2.75) is 13.3 Å². The first kappa shape index (κ1) is 17.9. The van der Waals surface area contributed by atoms with E-state index in [1.165, 1.54) is 24.0 Å². The maximum atomic E-state index is 12.4. The highest BCUT2D eigenvalue weighted by Gasteiger charge is 2.17. The third-order valence-corrected chi connectivity index (χ3v) is 4.94. The summed E-state index contributed by atoms with van der Waals surface area (Å²) in [6.07, 6.45) is 0.760. The number of methoxy groups -OCH3 is 1. The number of ether oxygens (including phenoxy) is 1. The lowest BCUT2D eigenvalue weighted by Crippen LogP contribution is -2.26. The third-order valence-electron chi connectivity index (χ3n) is 3.87. The van der Waals surface area contributed by atoms with E-state index < -0.39 is 0 Å². The number of aryl methyl sites for hydroxylation is 1. The molecule has 0 radical (unpaired) electrons. The molecular weight excluding hydrogens is 350 g/mol. The van der Waals surface area contributed by atoms with Gasteiger partial charge in [0.1, 0.15) is 16.4 Å². The molecule has 0 fully saturated rings. The molecule has 0 aliphatic carbocycles. The van der Waals surface area contributed by atoms with Crippen LogP contribution in [0.2, 0.25) is 0 Å². The molecule has 0 saturated heterocycles. The van der Waals surface area contributed by atoms with Crippen molar-refractivity contribution in [2.75, 3.05) is 13.7 Å². The molecule has 7 heteroatoms. The summed E-state index contributed by atoms with van der Waals surface area (Å²) in [5, 5.41) is 2.89. The number of H-pyrrole nitrogens is 1. The van der Waals surface area contributed by atoms with E-state index in [2.05, 4.69) is 15.3 Å². The Labute approximate surface area is 155 Å². The van der Waals surface area contributed by atoms with Crippen LogP contribution in [0, 0.1) is 6.92 Å². The maximum absolute atomic E-state index is 12.4. The Morgan fingerprint density at radius 2 is 1.96 bits per heavy atom. The Balaban J connectivity index is 1.66. The molecule has 134 valence electrons. The number of aromatic nitrogens is 2. The van der Waals surface area contributed by atoms with Crippen molar-refractivity contribution in [1.29, 1.82) is 0 Å². The minimum absolute atomic E-state index is 0.217. The van der Waals surface area contributed by atoms with Gasteiger partial charge in [-0.1, -0.05) is 30.3 Å². The predicted octanol–water partition coefficient (Wildman–Crippen LogP) is 3.21. The van der Waals surface area contributed by atoms with E-state index in [4.69, 9.17) is 4.74 Å². The first-order valence-corrected chi connectivity index (χ1v) is 8.97. The summed E-state index contributed by atoms with van der Waals surface area (Å²) >= 11 is 1.27. The Bertz CT molecular complexity index is 915. The summed E-state index contributed by atoms with van der Waals surface area (Å²) < 4.78 is 4.71. The topological polar surface area (TPSA) is 84.1 Å². The fourth-order valence-electron chi connectivity index (χ4n) is 2.52. The van der Waals surface area contributed by atoms with Gasteiger partial charge in [-0.3, -0.25) is 4.79 Å². The number of rotatable bonds is 6. The molecule has 2 aromatic heterocycles. The fourth-order valence-corrected chi connectivity index (χ4v) is 3.39. The van der Waals surface area contributed by atoms with Gasteiger partial charge in [0.2, 0.25) is 0 Å². The highest BCUT2D eigenvalue weighted by Crippen LogP contribution is 2.27. The molecule has 0 atom stereocenters. The summed E-state index contributed by atoms with van der Waals surface area (Å²) in [5.41, 5.74) is 2.22. The third kappa shape index (κ3) is 4.00. The minimum atomic E-state index is -0.386. The summed E-state index contributed by atoms with van der Waals surface area (Å²) in [6.45, 7) is 2.34.